The number of halogens is 3. The highest BCUT2D eigenvalue weighted by Crippen LogP contribution is 2.29. The third kappa shape index (κ3) is 4.12. The van der Waals surface area contributed by atoms with Gasteiger partial charge in [0.05, 0.1) is 0 Å². The first-order valence-corrected chi connectivity index (χ1v) is 7.49. The summed E-state index contributed by atoms with van der Waals surface area (Å²) in [5, 5.41) is 3.34. The van der Waals surface area contributed by atoms with Gasteiger partial charge in [-0.05, 0) is 18.9 Å². The maximum atomic E-state index is 12.5. The zero-order chi connectivity index (χ0) is 17.9. The van der Waals surface area contributed by atoms with Crippen LogP contribution in [0.3, 0.4) is 0 Å². The molecule has 2 aromatic rings. The van der Waals surface area contributed by atoms with Gasteiger partial charge < -0.3 is 9.42 Å². The van der Waals surface area contributed by atoms with Gasteiger partial charge in [-0.25, -0.2) is 0 Å². The summed E-state index contributed by atoms with van der Waals surface area (Å²) in [5.74, 6) is -1.53. The maximum absolute atomic E-state index is 12.5. The van der Waals surface area contributed by atoms with E-state index < -0.39 is 12.1 Å². The highest BCUT2D eigenvalue weighted by Gasteiger charge is 2.38. The average Bonchev–Trinajstić information content (AvgIpc) is 3.02. The number of amides is 1. The van der Waals surface area contributed by atoms with Gasteiger partial charge >= 0.3 is 12.1 Å². The van der Waals surface area contributed by atoms with Gasteiger partial charge in [-0.1, -0.05) is 36.3 Å². The Hall–Kier alpha value is -2.38. The smallest absolute Gasteiger partial charge is 0.336 e. The summed E-state index contributed by atoms with van der Waals surface area (Å²) in [6, 6.07) is 6.78. The Morgan fingerprint density at radius 2 is 1.92 bits per heavy atom. The average molecular weight is 341 g/mol. The predicted octanol–water partition coefficient (Wildman–Crippen LogP) is 3.90. The molecule has 1 heterocycles. The lowest BCUT2D eigenvalue weighted by Gasteiger charge is -2.27. The monoisotopic (exact) mass is 341 g/mol. The number of alkyl halides is 3. The highest BCUT2D eigenvalue weighted by molar-refractivity contribution is 5.73. The van der Waals surface area contributed by atoms with E-state index in [0.29, 0.717) is 12.1 Å². The molecule has 0 aliphatic rings. The zero-order valence-electron chi connectivity index (χ0n) is 13.6. The topological polar surface area (TPSA) is 59.2 Å². The van der Waals surface area contributed by atoms with E-state index in [2.05, 4.69) is 14.7 Å². The van der Waals surface area contributed by atoms with E-state index in [9.17, 15) is 18.0 Å². The molecule has 0 spiro atoms. The first kappa shape index (κ1) is 18.0. The number of rotatable bonds is 5. The lowest BCUT2D eigenvalue weighted by atomic mass is 10.1. The quantitative estimate of drug-likeness (QED) is 0.827. The van der Waals surface area contributed by atoms with Crippen molar-refractivity contribution in [2.24, 2.45) is 0 Å². The van der Waals surface area contributed by atoms with Gasteiger partial charge in [-0.15, -0.1) is 0 Å². The van der Waals surface area contributed by atoms with Crippen LogP contribution in [0, 0.1) is 0 Å². The number of hydrogen-bond donors (Lipinski definition) is 0. The second-order valence-corrected chi connectivity index (χ2v) is 5.52. The standard InChI is InChI=1S/C16H18F3N3O2/c1-4-10(2)22(11(3)23)9-12-5-7-13(8-6-12)14-20-15(24-21-14)16(17,18)19/h5-8,10H,4,9H2,1-3H3. The lowest BCUT2D eigenvalue weighted by molar-refractivity contribution is -0.159. The van der Waals surface area contributed by atoms with Gasteiger partial charge in [-0.3, -0.25) is 4.79 Å². The fraction of sp³-hybridized carbons (Fsp3) is 0.438. The molecule has 2 rings (SSSR count). The minimum absolute atomic E-state index is 0.0265. The molecule has 130 valence electrons. The Bertz CT molecular complexity index is 695. The first-order chi connectivity index (χ1) is 11.2. The van der Waals surface area contributed by atoms with Crippen molar-refractivity contribution in [3.63, 3.8) is 0 Å². The summed E-state index contributed by atoms with van der Waals surface area (Å²) in [4.78, 5) is 16.8. The van der Waals surface area contributed by atoms with Crippen molar-refractivity contribution in [2.75, 3.05) is 0 Å². The summed E-state index contributed by atoms with van der Waals surface area (Å²) in [6.07, 6.45) is -3.83. The van der Waals surface area contributed by atoms with Gasteiger partial charge in [0, 0.05) is 25.1 Å². The van der Waals surface area contributed by atoms with E-state index in [0.717, 1.165) is 12.0 Å². The van der Waals surface area contributed by atoms with Crippen LogP contribution in [0.2, 0.25) is 0 Å². The summed E-state index contributed by atoms with van der Waals surface area (Å²) in [5.41, 5.74) is 1.28. The number of hydrogen-bond acceptors (Lipinski definition) is 4. The Morgan fingerprint density at radius 1 is 1.29 bits per heavy atom. The molecule has 0 radical (unpaired) electrons. The molecule has 1 aromatic carbocycles. The van der Waals surface area contributed by atoms with E-state index in [1.807, 2.05) is 13.8 Å². The molecule has 0 fully saturated rings. The van der Waals surface area contributed by atoms with Crippen LogP contribution >= 0.6 is 0 Å². The number of carbonyl (C=O) groups is 1. The third-order valence-electron chi connectivity index (χ3n) is 3.76. The van der Waals surface area contributed by atoms with Crippen molar-refractivity contribution in [2.45, 2.75) is 46.0 Å². The van der Waals surface area contributed by atoms with Crippen LogP contribution < -0.4 is 0 Å². The Morgan fingerprint density at radius 3 is 2.38 bits per heavy atom. The second-order valence-electron chi connectivity index (χ2n) is 5.52. The van der Waals surface area contributed by atoms with Crippen molar-refractivity contribution in [3.8, 4) is 11.4 Å². The van der Waals surface area contributed by atoms with Crippen LogP contribution in [0.15, 0.2) is 28.8 Å². The molecular formula is C16H18F3N3O2. The van der Waals surface area contributed by atoms with E-state index in [-0.39, 0.29) is 17.8 Å². The number of carbonyl (C=O) groups excluding carboxylic acids is 1. The van der Waals surface area contributed by atoms with Gasteiger partial charge in [-0.2, -0.15) is 18.2 Å². The van der Waals surface area contributed by atoms with Crippen molar-refractivity contribution in [1.82, 2.24) is 15.0 Å². The second kappa shape index (κ2) is 7.02. The summed E-state index contributed by atoms with van der Waals surface area (Å²) in [7, 11) is 0. The molecule has 0 saturated carbocycles. The molecule has 1 unspecified atom stereocenters. The number of aromatic nitrogens is 2. The summed E-state index contributed by atoms with van der Waals surface area (Å²) in [6.45, 7) is 5.91. The van der Waals surface area contributed by atoms with Crippen LogP contribution in [0.4, 0.5) is 13.2 Å². The molecule has 1 aromatic heterocycles. The van der Waals surface area contributed by atoms with Crippen LogP contribution in [0.25, 0.3) is 11.4 Å². The minimum atomic E-state index is -4.66. The molecule has 5 nitrogen and oxygen atoms in total. The summed E-state index contributed by atoms with van der Waals surface area (Å²) >= 11 is 0. The molecular weight excluding hydrogens is 323 g/mol. The van der Waals surface area contributed by atoms with E-state index >= 15 is 0 Å². The normalized spacial score (nSPS) is 12.9. The number of benzene rings is 1. The van der Waals surface area contributed by atoms with Crippen LogP contribution in [-0.4, -0.2) is 27.0 Å². The van der Waals surface area contributed by atoms with Crippen LogP contribution in [-0.2, 0) is 17.5 Å². The largest absolute Gasteiger partial charge is 0.471 e. The van der Waals surface area contributed by atoms with Crippen LogP contribution in [0.1, 0.15) is 38.6 Å². The van der Waals surface area contributed by atoms with E-state index in [4.69, 9.17) is 0 Å². The van der Waals surface area contributed by atoms with E-state index in [1.165, 1.54) is 6.92 Å². The Kier molecular flexibility index (Phi) is 5.26. The lowest BCUT2D eigenvalue weighted by Crippen LogP contribution is -2.36. The molecule has 1 amide bonds. The van der Waals surface area contributed by atoms with Gasteiger partial charge in [0.15, 0.2) is 0 Å². The van der Waals surface area contributed by atoms with Crippen molar-refractivity contribution in [3.05, 3.63) is 35.7 Å². The summed E-state index contributed by atoms with van der Waals surface area (Å²) < 4.78 is 41.6. The molecule has 24 heavy (non-hydrogen) atoms. The van der Waals surface area contributed by atoms with E-state index in [1.54, 1.807) is 29.2 Å². The first-order valence-electron chi connectivity index (χ1n) is 7.49. The fourth-order valence-electron chi connectivity index (χ4n) is 2.21. The fourth-order valence-corrected chi connectivity index (χ4v) is 2.21. The molecule has 0 saturated heterocycles. The van der Waals surface area contributed by atoms with Crippen LogP contribution in [0.5, 0.6) is 0 Å². The Labute approximate surface area is 137 Å². The molecule has 0 aliphatic carbocycles. The molecule has 1 atom stereocenters. The molecule has 0 bridgehead atoms. The minimum Gasteiger partial charge on any atom is -0.336 e. The highest BCUT2D eigenvalue weighted by atomic mass is 19.4. The third-order valence-corrected chi connectivity index (χ3v) is 3.76. The Balaban J connectivity index is 2.16. The molecule has 8 heteroatoms. The van der Waals surface area contributed by atoms with Crippen molar-refractivity contribution < 1.29 is 22.5 Å². The number of nitrogens with zero attached hydrogens (tertiary/aromatic N) is 3. The maximum Gasteiger partial charge on any atom is 0.471 e. The van der Waals surface area contributed by atoms with Gasteiger partial charge in [0.1, 0.15) is 0 Å². The van der Waals surface area contributed by atoms with Gasteiger partial charge in [0.2, 0.25) is 11.7 Å². The van der Waals surface area contributed by atoms with Gasteiger partial charge in [0.25, 0.3) is 0 Å². The predicted molar refractivity (Wildman–Crippen MR) is 80.7 cm³/mol. The molecule has 0 aliphatic heterocycles. The SMILES string of the molecule is CCC(C)N(Cc1ccc(-c2noc(C(F)(F)F)n2)cc1)C(C)=O. The zero-order valence-corrected chi connectivity index (χ0v) is 13.6. The van der Waals surface area contributed by atoms with Crippen molar-refractivity contribution in [1.29, 1.82) is 0 Å². The van der Waals surface area contributed by atoms with Crippen molar-refractivity contribution >= 4 is 5.91 Å². The molecule has 0 N–H and O–H groups in total.